The molecule has 2 fully saturated rings. The Morgan fingerprint density at radius 2 is 2.00 bits per heavy atom. The lowest BCUT2D eigenvalue weighted by Crippen LogP contribution is -2.44. The van der Waals surface area contributed by atoms with E-state index < -0.39 is 0 Å². The van der Waals surface area contributed by atoms with E-state index in [1.807, 2.05) is 25.3 Å². The molecule has 1 aromatic heterocycles. The number of nitrogens with one attached hydrogen (secondary N) is 2. The number of halogens is 1. The quantitative estimate of drug-likeness (QED) is 0.887. The molecule has 2 aromatic rings. The summed E-state index contributed by atoms with van der Waals surface area (Å²) in [6.07, 6.45) is 4.12. The summed E-state index contributed by atoms with van der Waals surface area (Å²) in [5.74, 6) is 2.61. The van der Waals surface area contributed by atoms with Crippen molar-refractivity contribution in [1.82, 2.24) is 20.8 Å². The molecule has 0 radical (unpaired) electrons. The Labute approximate surface area is 154 Å². The maximum Gasteiger partial charge on any atom is 0.135 e. The van der Waals surface area contributed by atoms with E-state index in [1.165, 1.54) is 6.07 Å². The zero-order valence-corrected chi connectivity index (χ0v) is 15.4. The number of hydrogen-bond acceptors (Lipinski definition) is 5. The summed E-state index contributed by atoms with van der Waals surface area (Å²) in [6.45, 7) is 6.85. The number of aromatic nitrogens is 2. The first kappa shape index (κ1) is 17.4. The number of anilines is 1. The molecule has 0 spiro atoms. The summed E-state index contributed by atoms with van der Waals surface area (Å²) < 4.78 is 13.6. The highest BCUT2D eigenvalue weighted by atomic mass is 19.1. The normalized spacial score (nSPS) is 24.2. The Kier molecular flexibility index (Phi) is 4.87. The summed E-state index contributed by atoms with van der Waals surface area (Å²) in [5.41, 5.74) is 8.96. The molecule has 0 saturated carbocycles. The van der Waals surface area contributed by atoms with Gasteiger partial charge < -0.3 is 4.90 Å². The van der Waals surface area contributed by atoms with Crippen LogP contribution >= 0.6 is 0 Å². The van der Waals surface area contributed by atoms with Crippen molar-refractivity contribution in [2.75, 3.05) is 24.5 Å². The van der Waals surface area contributed by atoms with Crippen LogP contribution < -0.4 is 15.8 Å². The van der Waals surface area contributed by atoms with E-state index in [0.717, 1.165) is 55.2 Å². The summed E-state index contributed by atoms with van der Waals surface area (Å²) in [5, 5.41) is 0. The van der Waals surface area contributed by atoms with Gasteiger partial charge in [-0.1, -0.05) is 12.1 Å². The SMILES string of the molecule is Cc1ncc(C)c(N2CCC(C3NNCC3c3cccc(F)c3)CC2)n1. The van der Waals surface area contributed by atoms with Crippen LogP contribution in [0.4, 0.5) is 10.2 Å². The lowest BCUT2D eigenvalue weighted by Gasteiger charge is -2.37. The Morgan fingerprint density at radius 3 is 2.77 bits per heavy atom. The maximum atomic E-state index is 13.6. The van der Waals surface area contributed by atoms with Crippen LogP contribution in [0.5, 0.6) is 0 Å². The largest absolute Gasteiger partial charge is 0.356 e. The van der Waals surface area contributed by atoms with Crippen molar-refractivity contribution >= 4 is 5.82 Å². The van der Waals surface area contributed by atoms with Gasteiger partial charge in [-0.3, -0.25) is 10.9 Å². The number of hydrazine groups is 1. The highest BCUT2D eigenvalue weighted by molar-refractivity contribution is 5.45. The van der Waals surface area contributed by atoms with Crippen molar-refractivity contribution in [3.05, 3.63) is 53.2 Å². The molecule has 3 heterocycles. The number of piperidine rings is 1. The van der Waals surface area contributed by atoms with E-state index in [0.29, 0.717) is 17.9 Å². The van der Waals surface area contributed by atoms with Gasteiger partial charge >= 0.3 is 0 Å². The average Bonchev–Trinajstić information content (AvgIpc) is 3.14. The molecule has 2 saturated heterocycles. The minimum atomic E-state index is -0.155. The standard InChI is InChI=1S/C20H26FN5/c1-13-11-22-14(2)24-20(13)26-8-6-15(7-9-26)19-18(12-23-25-19)16-4-3-5-17(21)10-16/h3-5,10-11,15,18-19,23,25H,6-9,12H2,1-2H3. The van der Waals surface area contributed by atoms with Gasteiger partial charge in [-0.05, 0) is 50.3 Å². The topological polar surface area (TPSA) is 53.1 Å². The van der Waals surface area contributed by atoms with Crippen LogP contribution in [0.15, 0.2) is 30.5 Å². The van der Waals surface area contributed by atoms with Gasteiger partial charge in [-0.25, -0.2) is 14.4 Å². The molecule has 2 aliphatic heterocycles. The minimum absolute atomic E-state index is 0.155. The van der Waals surface area contributed by atoms with E-state index in [9.17, 15) is 4.39 Å². The van der Waals surface area contributed by atoms with Crippen molar-refractivity contribution < 1.29 is 4.39 Å². The molecule has 0 amide bonds. The van der Waals surface area contributed by atoms with Crippen molar-refractivity contribution in [2.45, 2.75) is 38.6 Å². The first-order chi connectivity index (χ1) is 12.6. The van der Waals surface area contributed by atoms with Crippen molar-refractivity contribution in [3.63, 3.8) is 0 Å². The summed E-state index contributed by atoms with van der Waals surface area (Å²) >= 11 is 0. The zero-order chi connectivity index (χ0) is 18.1. The molecule has 1 aromatic carbocycles. The Hall–Kier alpha value is -2.05. The van der Waals surface area contributed by atoms with Crippen LogP contribution in [0.25, 0.3) is 0 Å². The third kappa shape index (κ3) is 3.44. The van der Waals surface area contributed by atoms with Gasteiger partial charge in [0.15, 0.2) is 0 Å². The van der Waals surface area contributed by atoms with E-state index in [-0.39, 0.29) is 5.82 Å². The third-order valence-corrected chi connectivity index (χ3v) is 5.71. The van der Waals surface area contributed by atoms with Crippen molar-refractivity contribution in [2.24, 2.45) is 5.92 Å². The molecule has 2 atom stereocenters. The molecular weight excluding hydrogens is 329 g/mol. The van der Waals surface area contributed by atoms with Crippen LogP contribution in [0.1, 0.15) is 35.7 Å². The number of nitrogens with zero attached hydrogens (tertiary/aromatic N) is 3. The van der Waals surface area contributed by atoms with Gasteiger partial charge in [0.2, 0.25) is 0 Å². The van der Waals surface area contributed by atoms with E-state index >= 15 is 0 Å². The first-order valence-corrected chi connectivity index (χ1v) is 9.41. The molecule has 2 unspecified atom stereocenters. The molecule has 2 aliphatic rings. The second kappa shape index (κ2) is 7.29. The Balaban J connectivity index is 1.45. The predicted molar refractivity (Wildman–Crippen MR) is 101 cm³/mol. The second-order valence-corrected chi connectivity index (χ2v) is 7.46. The minimum Gasteiger partial charge on any atom is -0.356 e. The molecule has 4 rings (SSSR count). The number of hydrogen-bond donors (Lipinski definition) is 2. The fourth-order valence-electron chi connectivity index (χ4n) is 4.33. The van der Waals surface area contributed by atoms with Gasteiger partial charge in [0, 0.05) is 43.4 Å². The van der Waals surface area contributed by atoms with Crippen LogP contribution in [-0.4, -0.2) is 35.6 Å². The number of aryl methyl sites for hydroxylation is 2. The number of benzene rings is 1. The van der Waals surface area contributed by atoms with E-state index in [4.69, 9.17) is 0 Å². The maximum absolute atomic E-state index is 13.6. The van der Waals surface area contributed by atoms with Crippen LogP contribution in [0.3, 0.4) is 0 Å². The van der Waals surface area contributed by atoms with Crippen LogP contribution in [0, 0.1) is 25.6 Å². The number of rotatable bonds is 3. The van der Waals surface area contributed by atoms with Gasteiger partial charge in [0.05, 0.1) is 0 Å². The second-order valence-electron chi connectivity index (χ2n) is 7.46. The molecule has 6 heteroatoms. The molecule has 26 heavy (non-hydrogen) atoms. The van der Waals surface area contributed by atoms with Crippen LogP contribution in [0.2, 0.25) is 0 Å². The Morgan fingerprint density at radius 1 is 1.19 bits per heavy atom. The summed E-state index contributed by atoms with van der Waals surface area (Å²) in [6, 6.07) is 7.38. The smallest absolute Gasteiger partial charge is 0.135 e. The molecule has 138 valence electrons. The molecule has 2 N–H and O–H groups in total. The third-order valence-electron chi connectivity index (χ3n) is 5.71. The fourth-order valence-corrected chi connectivity index (χ4v) is 4.33. The lowest BCUT2D eigenvalue weighted by atomic mass is 9.80. The van der Waals surface area contributed by atoms with Gasteiger partial charge in [0.1, 0.15) is 17.5 Å². The van der Waals surface area contributed by atoms with Crippen molar-refractivity contribution in [3.8, 4) is 0 Å². The fraction of sp³-hybridized carbons (Fsp3) is 0.500. The predicted octanol–water partition coefficient (Wildman–Crippen LogP) is 2.71. The molecule has 5 nitrogen and oxygen atoms in total. The van der Waals surface area contributed by atoms with Crippen molar-refractivity contribution in [1.29, 1.82) is 0 Å². The highest BCUT2D eigenvalue weighted by Crippen LogP contribution is 2.33. The van der Waals surface area contributed by atoms with Gasteiger partial charge in [0.25, 0.3) is 0 Å². The Bertz CT molecular complexity index is 773. The monoisotopic (exact) mass is 355 g/mol. The summed E-state index contributed by atoms with van der Waals surface area (Å²) in [7, 11) is 0. The van der Waals surface area contributed by atoms with Gasteiger partial charge in [-0.15, -0.1) is 0 Å². The molecule has 0 bridgehead atoms. The summed E-state index contributed by atoms with van der Waals surface area (Å²) in [4.78, 5) is 11.3. The first-order valence-electron chi connectivity index (χ1n) is 9.41. The zero-order valence-electron chi connectivity index (χ0n) is 15.4. The molecular formula is C20H26FN5. The van der Waals surface area contributed by atoms with E-state index in [1.54, 1.807) is 6.07 Å². The average molecular weight is 355 g/mol. The lowest BCUT2D eigenvalue weighted by molar-refractivity contribution is 0.295. The van der Waals surface area contributed by atoms with E-state index in [2.05, 4.69) is 32.6 Å². The molecule has 0 aliphatic carbocycles. The highest BCUT2D eigenvalue weighted by Gasteiger charge is 2.36. The van der Waals surface area contributed by atoms with Crippen LogP contribution in [-0.2, 0) is 0 Å². The van der Waals surface area contributed by atoms with Gasteiger partial charge in [-0.2, -0.15) is 0 Å².